The molecule has 2 heteroatoms. The summed E-state index contributed by atoms with van der Waals surface area (Å²) in [4.78, 5) is 0. The molecule has 0 atom stereocenters. The number of benzene rings is 5. The van der Waals surface area contributed by atoms with Gasteiger partial charge in [-0.25, -0.2) is 0 Å². The Bertz CT molecular complexity index is 1740. The summed E-state index contributed by atoms with van der Waals surface area (Å²) in [6, 6.07) is 37.5. The van der Waals surface area contributed by atoms with Crippen molar-refractivity contribution in [1.82, 2.24) is 4.57 Å². The molecule has 7 aromatic rings. The fourth-order valence-electron chi connectivity index (χ4n) is 4.85. The Labute approximate surface area is 177 Å². The molecule has 2 heterocycles. The van der Waals surface area contributed by atoms with E-state index in [4.69, 9.17) is 0 Å². The maximum absolute atomic E-state index is 2.44. The Kier molecular flexibility index (Phi) is 3.21. The van der Waals surface area contributed by atoms with E-state index < -0.39 is 0 Å². The zero-order chi connectivity index (χ0) is 19.7. The number of fused-ring (bicyclic) bond motifs is 7. The van der Waals surface area contributed by atoms with Crippen LogP contribution in [0.2, 0.25) is 0 Å². The third kappa shape index (κ3) is 2.11. The van der Waals surface area contributed by atoms with E-state index in [1.807, 2.05) is 11.3 Å². The highest BCUT2D eigenvalue weighted by Crippen LogP contribution is 2.41. The fraction of sp³-hybridized carbons (Fsp3) is 0. The van der Waals surface area contributed by atoms with Crippen molar-refractivity contribution < 1.29 is 0 Å². The van der Waals surface area contributed by atoms with E-state index in [1.54, 1.807) is 0 Å². The molecule has 0 saturated heterocycles. The normalized spacial score (nSPS) is 12.0. The molecule has 0 aliphatic rings. The lowest BCUT2D eigenvalue weighted by Crippen LogP contribution is -1.95. The molecule has 0 bridgehead atoms. The molecule has 0 radical (unpaired) electrons. The van der Waals surface area contributed by atoms with Crippen molar-refractivity contribution in [2.24, 2.45) is 0 Å². The molecule has 0 aliphatic heterocycles. The largest absolute Gasteiger partial charge is 0.309 e. The Morgan fingerprint density at radius 2 is 1.20 bits per heavy atom. The molecule has 0 N–H and O–H groups in total. The van der Waals surface area contributed by atoms with E-state index in [0.717, 1.165) is 0 Å². The van der Waals surface area contributed by atoms with Crippen LogP contribution in [0.3, 0.4) is 0 Å². The number of para-hydroxylation sites is 1. The molecule has 0 aliphatic carbocycles. The molecule has 0 spiro atoms. The van der Waals surface area contributed by atoms with Crippen molar-refractivity contribution in [1.29, 1.82) is 0 Å². The topological polar surface area (TPSA) is 4.93 Å². The third-order valence-electron chi connectivity index (χ3n) is 6.18. The molecule has 7 rings (SSSR count). The number of nitrogens with zero attached hydrogens (tertiary/aromatic N) is 1. The van der Waals surface area contributed by atoms with Gasteiger partial charge in [-0.1, -0.05) is 72.8 Å². The molecule has 0 fully saturated rings. The van der Waals surface area contributed by atoms with Crippen LogP contribution in [-0.2, 0) is 0 Å². The van der Waals surface area contributed by atoms with Crippen LogP contribution in [0.15, 0.2) is 103 Å². The van der Waals surface area contributed by atoms with Crippen molar-refractivity contribution in [3.63, 3.8) is 0 Å². The van der Waals surface area contributed by atoms with Crippen LogP contribution in [-0.4, -0.2) is 4.57 Å². The number of hydrogen-bond donors (Lipinski definition) is 0. The zero-order valence-corrected chi connectivity index (χ0v) is 17.0. The first kappa shape index (κ1) is 16.2. The lowest BCUT2D eigenvalue weighted by atomic mass is 10.1. The predicted octanol–water partition coefficient (Wildman–Crippen LogP) is 8.30. The summed E-state index contributed by atoms with van der Waals surface area (Å²) < 4.78 is 5.14. The smallest absolute Gasteiger partial charge is 0.0548 e. The first-order chi connectivity index (χ1) is 14.9. The first-order valence-corrected chi connectivity index (χ1v) is 11.0. The van der Waals surface area contributed by atoms with Crippen LogP contribution in [0.4, 0.5) is 0 Å². The summed E-state index contributed by atoms with van der Waals surface area (Å²) >= 11 is 1.88. The highest BCUT2D eigenvalue weighted by molar-refractivity contribution is 7.25. The molecular formula is C28H17NS. The second kappa shape index (κ2) is 5.94. The summed E-state index contributed by atoms with van der Waals surface area (Å²) in [6.45, 7) is 0. The Morgan fingerprint density at radius 1 is 0.467 bits per heavy atom. The molecular weight excluding hydrogens is 382 g/mol. The lowest BCUT2D eigenvalue weighted by Gasteiger charge is -2.11. The number of hydrogen-bond acceptors (Lipinski definition) is 1. The first-order valence-electron chi connectivity index (χ1n) is 10.2. The van der Waals surface area contributed by atoms with Crippen LogP contribution in [0.1, 0.15) is 0 Å². The molecule has 0 saturated carbocycles. The Morgan fingerprint density at radius 3 is 2.13 bits per heavy atom. The molecule has 5 aromatic carbocycles. The number of rotatable bonds is 1. The minimum absolute atomic E-state index is 1.23. The number of aromatic nitrogens is 1. The molecule has 30 heavy (non-hydrogen) atoms. The van der Waals surface area contributed by atoms with E-state index in [1.165, 1.54) is 58.4 Å². The van der Waals surface area contributed by atoms with E-state index >= 15 is 0 Å². The molecule has 0 unspecified atom stereocenters. The summed E-state index contributed by atoms with van der Waals surface area (Å²) in [7, 11) is 0. The maximum atomic E-state index is 2.44. The van der Waals surface area contributed by atoms with Crippen LogP contribution < -0.4 is 0 Å². The van der Waals surface area contributed by atoms with Gasteiger partial charge >= 0.3 is 0 Å². The van der Waals surface area contributed by atoms with E-state index in [9.17, 15) is 0 Å². The van der Waals surface area contributed by atoms with E-state index in [2.05, 4.69) is 108 Å². The van der Waals surface area contributed by atoms with Crippen molar-refractivity contribution in [3.05, 3.63) is 103 Å². The minimum Gasteiger partial charge on any atom is -0.309 e. The maximum Gasteiger partial charge on any atom is 0.0548 e. The van der Waals surface area contributed by atoms with Gasteiger partial charge in [0.05, 0.1) is 16.7 Å². The highest BCUT2D eigenvalue weighted by Gasteiger charge is 2.16. The van der Waals surface area contributed by atoms with Crippen LogP contribution in [0.25, 0.3) is 58.4 Å². The SMILES string of the molecule is c1ccc2c(-n3c4ccccc4c4cc5sc6ccccc6c5cc43)cccc2c1. The summed E-state index contributed by atoms with van der Waals surface area (Å²) in [5.74, 6) is 0. The van der Waals surface area contributed by atoms with Crippen LogP contribution in [0, 0.1) is 0 Å². The molecule has 2 aromatic heterocycles. The van der Waals surface area contributed by atoms with Crippen molar-refractivity contribution in [2.75, 3.05) is 0 Å². The monoisotopic (exact) mass is 399 g/mol. The van der Waals surface area contributed by atoms with Crippen LogP contribution >= 0.6 is 11.3 Å². The van der Waals surface area contributed by atoms with Gasteiger partial charge in [-0.15, -0.1) is 11.3 Å². The standard InChI is InChI=1S/C28H17NS/c1-2-10-19-18(8-1)9-7-14-24(19)29-25-13-5-3-11-20(25)22-17-28-23(16-26(22)29)21-12-4-6-15-27(21)30-28/h1-17H. The average molecular weight is 400 g/mol. The van der Waals surface area contributed by atoms with Gasteiger partial charge in [-0.05, 0) is 35.7 Å². The van der Waals surface area contributed by atoms with Gasteiger partial charge in [0, 0.05) is 36.3 Å². The predicted molar refractivity (Wildman–Crippen MR) is 131 cm³/mol. The van der Waals surface area contributed by atoms with Gasteiger partial charge in [0.2, 0.25) is 0 Å². The zero-order valence-electron chi connectivity index (χ0n) is 16.2. The minimum atomic E-state index is 1.23. The van der Waals surface area contributed by atoms with Gasteiger partial charge < -0.3 is 4.57 Å². The molecule has 140 valence electrons. The fourth-order valence-corrected chi connectivity index (χ4v) is 5.98. The Hall–Kier alpha value is -3.62. The van der Waals surface area contributed by atoms with Crippen LogP contribution in [0.5, 0.6) is 0 Å². The van der Waals surface area contributed by atoms with E-state index in [0.29, 0.717) is 0 Å². The molecule has 0 amide bonds. The number of thiophene rings is 1. The Balaban J connectivity index is 1.72. The van der Waals surface area contributed by atoms with Crippen molar-refractivity contribution in [3.8, 4) is 5.69 Å². The molecule has 1 nitrogen and oxygen atoms in total. The third-order valence-corrected chi connectivity index (χ3v) is 7.31. The van der Waals surface area contributed by atoms with Gasteiger partial charge in [0.1, 0.15) is 0 Å². The van der Waals surface area contributed by atoms with Gasteiger partial charge in [-0.3, -0.25) is 0 Å². The summed E-state index contributed by atoms with van der Waals surface area (Å²) in [5.41, 5.74) is 3.76. The second-order valence-electron chi connectivity index (χ2n) is 7.81. The van der Waals surface area contributed by atoms with Crippen molar-refractivity contribution >= 4 is 64.1 Å². The summed E-state index contributed by atoms with van der Waals surface area (Å²) in [5, 5.41) is 7.85. The lowest BCUT2D eigenvalue weighted by molar-refractivity contribution is 1.20. The van der Waals surface area contributed by atoms with Gasteiger partial charge in [-0.2, -0.15) is 0 Å². The highest BCUT2D eigenvalue weighted by atomic mass is 32.1. The van der Waals surface area contributed by atoms with Crippen molar-refractivity contribution in [2.45, 2.75) is 0 Å². The van der Waals surface area contributed by atoms with Gasteiger partial charge in [0.25, 0.3) is 0 Å². The quantitative estimate of drug-likeness (QED) is 0.262. The second-order valence-corrected chi connectivity index (χ2v) is 8.90. The van der Waals surface area contributed by atoms with Gasteiger partial charge in [0.15, 0.2) is 0 Å². The summed E-state index contributed by atoms with van der Waals surface area (Å²) in [6.07, 6.45) is 0. The van der Waals surface area contributed by atoms with E-state index in [-0.39, 0.29) is 0 Å². The average Bonchev–Trinajstić information content (AvgIpc) is 3.32.